The summed E-state index contributed by atoms with van der Waals surface area (Å²) in [4.78, 5) is 36.8. The molecule has 0 aromatic rings. The molecule has 7 nitrogen and oxygen atoms in total. The lowest BCUT2D eigenvalue weighted by atomic mass is 10.0. The number of likely N-dealkylation sites (tertiary alicyclic amines) is 1. The highest BCUT2D eigenvalue weighted by Crippen LogP contribution is 2.13. The predicted octanol–water partition coefficient (Wildman–Crippen LogP) is 0.550. The van der Waals surface area contributed by atoms with Crippen LogP contribution >= 0.6 is 0 Å². The van der Waals surface area contributed by atoms with E-state index in [1.165, 1.54) is 0 Å². The maximum absolute atomic E-state index is 12.3. The van der Waals surface area contributed by atoms with Gasteiger partial charge in [0.25, 0.3) is 5.91 Å². The molecule has 0 aliphatic carbocycles. The van der Waals surface area contributed by atoms with Gasteiger partial charge in [-0.15, -0.1) is 0 Å². The highest BCUT2D eigenvalue weighted by atomic mass is 16.2. The summed E-state index contributed by atoms with van der Waals surface area (Å²) in [7, 11) is 0. The van der Waals surface area contributed by atoms with E-state index < -0.39 is 0 Å². The third kappa shape index (κ3) is 4.54. The minimum absolute atomic E-state index is 0.101. The number of carbonyl (C=O) groups excluding carboxylic acids is 3. The highest BCUT2D eigenvalue weighted by Gasteiger charge is 2.27. The fraction of sp³-hybridized carbons (Fsp3) is 0.733. The van der Waals surface area contributed by atoms with Crippen LogP contribution in [-0.4, -0.2) is 47.5 Å². The summed E-state index contributed by atoms with van der Waals surface area (Å²) in [5.74, 6) is -0.146. The van der Waals surface area contributed by atoms with E-state index in [0.717, 1.165) is 25.7 Å². The Balaban J connectivity index is 1.76. The number of hydrogen-bond donors (Lipinski definition) is 2. The Morgan fingerprint density at radius 2 is 2.05 bits per heavy atom. The molecule has 2 aliphatic rings. The van der Waals surface area contributed by atoms with E-state index in [4.69, 9.17) is 0 Å². The lowest BCUT2D eigenvalue weighted by molar-refractivity contribution is -0.125. The molecule has 0 bridgehead atoms. The molecule has 0 unspecified atom stereocenters. The zero-order valence-electron chi connectivity index (χ0n) is 13.1. The molecule has 1 fully saturated rings. The smallest absolute Gasteiger partial charge is 0.270 e. The summed E-state index contributed by atoms with van der Waals surface area (Å²) in [5.41, 5.74) is 2.77. The minimum Gasteiger partial charge on any atom is -0.353 e. The average molecular weight is 308 g/mol. The van der Waals surface area contributed by atoms with Crippen LogP contribution in [0.1, 0.15) is 51.9 Å². The van der Waals surface area contributed by atoms with Crippen LogP contribution in [0, 0.1) is 0 Å². The van der Waals surface area contributed by atoms with Crippen molar-refractivity contribution < 1.29 is 14.4 Å². The van der Waals surface area contributed by atoms with Crippen LogP contribution < -0.4 is 10.7 Å². The fourth-order valence-corrected chi connectivity index (χ4v) is 2.67. The molecule has 0 aromatic carbocycles. The van der Waals surface area contributed by atoms with Gasteiger partial charge in [0.1, 0.15) is 5.71 Å². The molecule has 0 atom stereocenters. The highest BCUT2D eigenvalue weighted by molar-refractivity contribution is 6.39. The predicted molar refractivity (Wildman–Crippen MR) is 82.1 cm³/mol. The third-order valence-corrected chi connectivity index (χ3v) is 4.06. The number of unbranched alkanes of at least 4 members (excludes halogenated alkanes) is 1. The second kappa shape index (κ2) is 7.91. The first kappa shape index (κ1) is 16.5. The molecule has 22 heavy (non-hydrogen) atoms. The maximum atomic E-state index is 12.3. The number of nitrogens with zero attached hydrogens (tertiary/aromatic N) is 2. The SMILES string of the molecule is CCCCC(=O)NC1CCN(C(=O)C2=NNC(=O)CC2)CC1. The number of piperidine rings is 1. The van der Waals surface area contributed by atoms with E-state index in [9.17, 15) is 14.4 Å². The molecule has 0 aromatic heterocycles. The van der Waals surface area contributed by atoms with Crippen LogP contribution in [0.4, 0.5) is 0 Å². The van der Waals surface area contributed by atoms with Crippen LogP contribution in [0.5, 0.6) is 0 Å². The zero-order valence-corrected chi connectivity index (χ0v) is 13.1. The molecule has 3 amide bonds. The van der Waals surface area contributed by atoms with Gasteiger partial charge >= 0.3 is 0 Å². The summed E-state index contributed by atoms with van der Waals surface area (Å²) in [6.07, 6.45) is 4.75. The molecule has 2 rings (SSSR count). The molecule has 2 N–H and O–H groups in total. The quantitative estimate of drug-likeness (QED) is 0.777. The van der Waals surface area contributed by atoms with Crippen molar-refractivity contribution in [3.05, 3.63) is 0 Å². The molecule has 7 heteroatoms. The second-order valence-electron chi connectivity index (χ2n) is 5.83. The van der Waals surface area contributed by atoms with Gasteiger partial charge in [-0.3, -0.25) is 14.4 Å². The fourth-order valence-electron chi connectivity index (χ4n) is 2.67. The van der Waals surface area contributed by atoms with Gasteiger partial charge in [0.05, 0.1) is 0 Å². The van der Waals surface area contributed by atoms with Gasteiger partial charge in [0.15, 0.2) is 0 Å². The van der Waals surface area contributed by atoms with E-state index in [1.807, 2.05) is 0 Å². The summed E-state index contributed by atoms with van der Waals surface area (Å²) in [5, 5.41) is 6.88. The van der Waals surface area contributed by atoms with Crippen LogP contribution in [0.25, 0.3) is 0 Å². The topological polar surface area (TPSA) is 90.9 Å². The summed E-state index contributed by atoms with van der Waals surface area (Å²) in [6, 6.07) is 0.154. The molecule has 0 spiro atoms. The lowest BCUT2D eigenvalue weighted by Crippen LogP contribution is -2.49. The second-order valence-corrected chi connectivity index (χ2v) is 5.83. The molecular formula is C15H24N4O3. The average Bonchev–Trinajstić information content (AvgIpc) is 2.54. The Morgan fingerprint density at radius 1 is 1.32 bits per heavy atom. The maximum Gasteiger partial charge on any atom is 0.270 e. The third-order valence-electron chi connectivity index (χ3n) is 4.06. The van der Waals surface area contributed by atoms with Gasteiger partial charge in [0.2, 0.25) is 11.8 Å². The summed E-state index contributed by atoms with van der Waals surface area (Å²) >= 11 is 0. The van der Waals surface area contributed by atoms with Gasteiger partial charge in [-0.2, -0.15) is 5.10 Å². The number of carbonyl (C=O) groups is 3. The summed E-state index contributed by atoms with van der Waals surface area (Å²) in [6.45, 7) is 3.29. The van der Waals surface area contributed by atoms with Crippen LogP contribution in [0.2, 0.25) is 0 Å². The van der Waals surface area contributed by atoms with Crippen LogP contribution in [-0.2, 0) is 14.4 Å². The Kier molecular flexibility index (Phi) is 5.91. The summed E-state index contributed by atoms with van der Waals surface area (Å²) < 4.78 is 0. The molecule has 0 radical (unpaired) electrons. The van der Waals surface area contributed by atoms with Crippen molar-refractivity contribution in [1.29, 1.82) is 0 Å². The van der Waals surface area contributed by atoms with E-state index in [1.54, 1.807) is 4.90 Å². The lowest BCUT2D eigenvalue weighted by Gasteiger charge is -2.33. The normalized spacial score (nSPS) is 19.4. The molecule has 0 saturated carbocycles. The van der Waals surface area contributed by atoms with E-state index in [2.05, 4.69) is 22.8 Å². The van der Waals surface area contributed by atoms with Crippen LogP contribution in [0.15, 0.2) is 5.10 Å². The van der Waals surface area contributed by atoms with Crippen molar-refractivity contribution >= 4 is 23.4 Å². The molecule has 2 aliphatic heterocycles. The van der Waals surface area contributed by atoms with E-state index in [-0.39, 0.29) is 23.8 Å². The van der Waals surface area contributed by atoms with E-state index in [0.29, 0.717) is 38.1 Å². The Bertz CT molecular complexity index is 467. The number of rotatable bonds is 5. The molecule has 2 heterocycles. The molecule has 122 valence electrons. The first-order chi connectivity index (χ1) is 10.6. The Labute approximate surface area is 130 Å². The Hall–Kier alpha value is -1.92. The van der Waals surface area contributed by atoms with E-state index >= 15 is 0 Å². The van der Waals surface area contributed by atoms with Gasteiger partial charge < -0.3 is 10.2 Å². The van der Waals surface area contributed by atoms with Crippen molar-refractivity contribution in [2.45, 2.75) is 57.9 Å². The number of hydrogen-bond acceptors (Lipinski definition) is 4. The van der Waals surface area contributed by atoms with Gasteiger partial charge in [0, 0.05) is 38.4 Å². The monoisotopic (exact) mass is 308 g/mol. The first-order valence-electron chi connectivity index (χ1n) is 8.04. The largest absolute Gasteiger partial charge is 0.353 e. The number of nitrogens with one attached hydrogen (secondary N) is 2. The zero-order chi connectivity index (χ0) is 15.9. The minimum atomic E-state index is -0.148. The number of amides is 3. The number of hydrazone groups is 1. The van der Waals surface area contributed by atoms with Crippen molar-refractivity contribution in [2.24, 2.45) is 5.10 Å². The van der Waals surface area contributed by atoms with Crippen molar-refractivity contribution in [3.8, 4) is 0 Å². The van der Waals surface area contributed by atoms with Crippen LogP contribution in [0.3, 0.4) is 0 Å². The van der Waals surface area contributed by atoms with Crippen molar-refractivity contribution in [2.75, 3.05) is 13.1 Å². The van der Waals surface area contributed by atoms with Gasteiger partial charge in [-0.05, 0) is 19.3 Å². The van der Waals surface area contributed by atoms with Gasteiger partial charge in [-0.25, -0.2) is 5.43 Å². The molecule has 1 saturated heterocycles. The first-order valence-corrected chi connectivity index (χ1v) is 8.04. The standard InChI is InChI=1S/C15H24N4O3/c1-2-3-4-13(20)16-11-7-9-19(10-8-11)15(22)12-5-6-14(21)18-17-12/h11H,2-10H2,1H3,(H,16,20)(H,18,21). The van der Waals surface area contributed by atoms with Crippen molar-refractivity contribution in [3.63, 3.8) is 0 Å². The van der Waals surface area contributed by atoms with Gasteiger partial charge in [-0.1, -0.05) is 13.3 Å². The van der Waals surface area contributed by atoms with Crippen molar-refractivity contribution in [1.82, 2.24) is 15.6 Å². The Morgan fingerprint density at radius 3 is 2.64 bits per heavy atom. The molecular weight excluding hydrogens is 284 g/mol.